The van der Waals surface area contributed by atoms with Crippen LogP contribution in [0.25, 0.3) is 0 Å². The monoisotopic (exact) mass is 279 g/mol. The molecule has 1 aliphatic carbocycles. The second-order valence-electron chi connectivity index (χ2n) is 4.55. The summed E-state index contributed by atoms with van der Waals surface area (Å²) >= 11 is 1.52. The summed E-state index contributed by atoms with van der Waals surface area (Å²) < 4.78 is 5.09. The van der Waals surface area contributed by atoms with Crippen molar-refractivity contribution in [2.45, 2.75) is 32.2 Å². The van der Waals surface area contributed by atoms with E-state index < -0.39 is 11.9 Å². The Balaban J connectivity index is 1.70. The minimum atomic E-state index is -0.790. The quantitative estimate of drug-likeness (QED) is 0.891. The lowest BCUT2D eigenvalue weighted by Gasteiger charge is -2.02. The summed E-state index contributed by atoms with van der Waals surface area (Å²) in [5, 5.41) is 16.8. The van der Waals surface area contributed by atoms with E-state index in [9.17, 15) is 4.79 Å². The molecule has 0 spiro atoms. The molecule has 19 heavy (non-hydrogen) atoms. The van der Waals surface area contributed by atoms with Gasteiger partial charge in [0.25, 0.3) is 0 Å². The van der Waals surface area contributed by atoms with E-state index in [2.05, 4.69) is 15.5 Å². The van der Waals surface area contributed by atoms with Gasteiger partial charge in [-0.25, -0.2) is 4.98 Å². The van der Waals surface area contributed by atoms with Gasteiger partial charge in [-0.3, -0.25) is 4.79 Å². The van der Waals surface area contributed by atoms with E-state index in [4.69, 9.17) is 9.63 Å². The molecule has 6 nitrogen and oxygen atoms in total. The van der Waals surface area contributed by atoms with Crippen LogP contribution in [-0.4, -0.2) is 21.2 Å². The number of hydrogen-bond donors (Lipinski definition) is 2. The second kappa shape index (κ2) is 4.65. The minimum Gasteiger partial charge on any atom is -0.481 e. The third-order valence-electron chi connectivity index (χ3n) is 3.11. The number of fused-ring (bicyclic) bond motifs is 1. The van der Waals surface area contributed by atoms with Crippen molar-refractivity contribution >= 4 is 22.4 Å². The first-order valence-electron chi connectivity index (χ1n) is 6.02. The summed E-state index contributed by atoms with van der Waals surface area (Å²) in [6.45, 7) is 2.37. The van der Waals surface area contributed by atoms with Crippen LogP contribution in [0.4, 0.5) is 5.13 Å². The second-order valence-corrected chi connectivity index (χ2v) is 5.63. The lowest BCUT2D eigenvalue weighted by atomic mass is 10.1. The Bertz CT molecular complexity index is 620. The molecule has 2 heterocycles. The fraction of sp³-hybridized carbons (Fsp3) is 0.417. The van der Waals surface area contributed by atoms with Gasteiger partial charge in [-0.1, -0.05) is 5.16 Å². The average Bonchev–Trinajstić information content (AvgIpc) is 3.00. The Labute approximate surface area is 113 Å². The van der Waals surface area contributed by atoms with Crippen LogP contribution in [0.3, 0.4) is 0 Å². The molecule has 3 rings (SSSR count). The third-order valence-corrected chi connectivity index (χ3v) is 4.20. The van der Waals surface area contributed by atoms with Crippen LogP contribution in [-0.2, 0) is 17.8 Å². The van der Waals surface area contributed by atoms with Crippen molar-refractivity contribution in [2.75, 3.05) is 5.32 Å². The van der Waals surface area contributed by atoms with Crippen molar-refractivity contribution in [3.63, 3.8) is 0 Å². The number of hydrogen-bond acceptors (Lipinski definition) is 6. The number of aryl methyl sites for hydroxylation is 2. The smallest absolute Gasteiger partial charge is 0.312 e. The summed E-state index contributed by atoms with van der Waals surface area (Å²) in [4.78, 5) is 16.5. The first-order chi connectivity index (χ1) is 9.13. The van der Waals surface area contributed by atoms with Gasteiger partial charge in [0, 0.05) is 10.9 Å². The van der Waals surface area contributed by atoms with Crippen LogP contribution in [0.2, 0.25) is 0 Å². The van der Waals surface area contributed by atoms with Crippen LogP contribution in [0.15, 0.2) is 10.6 Å². The molecule has 0 saturated carbocycles. The maximum Gasteiger partial charge on any atom is 0.312 e. The third kappa shape index (κ3) is 2.33. The number of thiazole rings is 1. The predicted molar refractivity (Wildman–Crippen MR) is 69.4 cm³/mol. The fourth-order valence-electron chi connectivity index (χ4n) is 2.21. The number of rotatable bonds is 4. The average molecular weight is 279 g/mol. The van der Waals surface area contributed by atoms with Crippen molar-refractivity contribution < 1.29 is 14.4 Å². The van der Waals surface area contributed by atoms with Gasteiger partial charge in [-0.05, 0) is 19.8 Å². The Morgan fingerprint density at radius 2 is 2.53 bits per heavy atom. The van der Waals surface area contributed by atoms with Crippen LogP contribution in [0.5, 0.6) is 0 Å². The zero-order chi connectivity index (χ0) is 13.4. The maximum absolute atomic E-state index is 11.1. The molecule has 0 bridgehead atoms. The molecule has 0 radical (unpaired) electrons. The normalized spacial score (nSPS) is 17.4. The molecule has 0 fully saturated rings. The first-order valence-corrected chi connectivity index (χ1v) is 6.83. The lowest BCUT2D eigenvalue weighted by Crippen LogP contribution is -2.09. The maximum atomic E-state index is 11.1. The Morgan fingerprint density at radius 1 is 1.68 bits per heavy atom. The summed E-state index contributed by atoms with van der Waals surface area (Å²) in [5.41, 5.74) is 1.55. The number of carbonyl (C=O) groups is 1. The van der Waals surface area contributed by atoms with Crippen molar-refractivity contribution in [2.24, 2.45) is 0 Å². The van der Waals surface area contributed by atoms with E-state index in [1.807, 2.05) is 13.0 Å². The van der Waals surface area contributed by atoms with Gasteiger partial charge in [-0.15, -0.1) is 11.3 Å². The molecule has 0 saturated heterocycles. The minimum absolute atomic E-state index is 0.450. The fourth-order valence-corrected chi connectivity index (χ4v) is 3.24. The Kier molecular flexibility index (Phi) is 2.98. The van der Waals surface area contributed by atoms with E-state index in [1.165, 1.54) is 11.3 Å². The van der Waals surface area contributed by atoms with Gasteiger partial charge in [0.05, 0.1) is 17.9 Å². The Morgan fingerprint density at radius 3 is 3.21 bits per heavy atom. The number of aromatic nitrogens is 2. The highest BCUT2D eigenvalue weighted by molar-refractivity contribution is 7.15. The number of anilines is 1. The first kappa shape index (κ1) is 12.2. The van der Waals surface area contributed by atoms with Crippen molar-refractivity contribution in [1.82, 2.24) is 10.1 Å². The summed E-state index contributed by atoms with van der Waals surface area (Å²) in [5.74, 6) is -0.501. The van der Waals surface area contributed by atoms with E-state index in [1.54, 1.807) is 0 Å². The molecule has 1 aliphatic rings. The zero-order valence-electron chi connectivity index (χ0n) is 10.3. The van der Waals surface area contributed by atoms with Gasteiger partial charge >= 0.3 is 5.97 Å². The number of carboxylic acid groups (broad SMARTS) is 1. The zero-order valence-corrected chi connectivity index (χ0v) is 11.2. The molecule has 2 N–H and O–H groups in total. The van der Waals surface area contributed by atoms with Crippen molar-refractivity contribution in [1.29, 1.82) is 0 Å². The predicted octanol–water partition coefficient (Wildman–Crippen LogP) is 2.17. The molecule has 0 aliphatic heterocycles. The Hall–Kier alpha value is -1.89. The van der Waals surface area contributed by atoms with E-state index in [0.717, 1.165) is 27.9 Å². The van der Waals surface area contributed by atoms with Gasteiger partial charge in [0.15, 0.2) is 10.9 Å². The highest BCUT2D eigenvalue weighted by Crippen LogP contribution is 2.38. The van der Waals surface area contributed by atoms with Gasteiger partial charge in [-0.2, -0.15) is 0 Å². The van der Waals surface area contributed by atoms with Crippen LogP contribution >= 0.6 is 11.3 Å². The molecular formula is C12H13N3O3S. The SMILES string of the molecule is Cc1cc(CNc2nc3c(s2)CCC3C(=O)O)on1. The lowest BCUT2D eigenvalue weighted by molar-refractivity contribution is -0.138. The summed E-state index contributed by atoms with van der Waals surface area (Å²) in [6, 6.07) is 1.86. The molecule has 1 atom stereocenters. The van der Waals surface area contributed by atoms with Crippen LogP contribution in [0, 0.1) is 6.92 Å². The molecule has 2 aromatic rings. The highest BCUT2D eigenvalue weighted by atomic mass is 32.1. The molecule has 2 aromatic heterocycles. The van der Waals surface area contributed by atoms with E-state index in [0.29, 0.717) is 18.7 Å². The number of aliphatic carboxylic acids is 1. The van der Waals surface area contributed by atoms with Gasteiger partial charge < -0.3 is 14.9 Å². The molecule has 1 unspecified atom stereocenters. The molecule has 0 aromatic carbocycles. The number of nitrogens with one attached hydrogen (secondary N) is 1. The molecule has 7 heteroatoms. The summed E-state index contributed by atoms with van der Waals surface area (Å²) in [6.07, 6.45) is 1.46. The topological polar surface area (TPSA) is 88.2 Å². The molecule has 0 amide bonds. The van der Waals surface area contributed by atoms with Crippen molar-refractivity contribution in [3.8, 4) is 0 Å². The molecular weight excluding hydrogens is 266 g/mol. The molecule has 100 valence electrons. The number of nitrogens with zero attached hydrogens (tertiary/aromatic N) is 2. The van der Waals surface area contributed by atoms with Crippen LogP contribution < -0.4 is 5.32 Å². The standard InChI is InChI=1S/C12H13N3O3S/c1-6-4-7(18-15-6)5-13-12-14-10-8(11(16)17)2-3-9(10)19-12/h4,8H,2-3,5H2,1H3,(H,13,14)(H,16,17). The largest absolute Gasteiger partial charge is 0.481 e. The number of carboxylic acids is 1. The van der Waals surface area contributed by atoms with Crippen molar-refractivity contribution in [3.05, 3.63) is 28.1 Å². The van der Waals surface area contributed by atoms with E-state index in [-0.39, 0.29) is 0 Å². The van der Waals surface area contributed by atoms with Gasteiger partial charge in [0.1, 0.15) is 5.92 Å². The summed E-state index contributed by atoms with van der Waals surface area (Å²) in [7, 11) is 0. The highest BCUT2D eigenvalue weighted by Gasteiger charge is 2.32. The van der Waals surface area contributed by atoms with Crippen LogP contribution in [0.1, 0.15) is 34.4 Å². The van der Waals surface area contributed by atoms with Gasteiger partial charge in [0.2, 0.25) is 0 Å². The van der Waals surface area contributed by atoms with E-state index >= 15 is 0 Å².